The van der Waals surface area contributed by atoms with Gasteiger partial charge in [-0.05, 0) is 56.8 Å². The number of nitrogens with one attached hydrogen (secondary N) is 3. The maximum atomic E-state index is 12.4. The Morgan fingerprint density at radius 1 is 0.682 bits per heavy atom. The van der Waals surface area contributed by atoms with Crippen LogP contribution in [0.5, 0.6) is 0 Å². The smallest absolute Gasteiger partial charge is 0.249 e. The molecule has 1 atom stereocenters. The lowest BCUT2D eigenvalue weighted by Crippen LogP contribution is -2.45. The highest BCUT2D eigenvalue weighted by Gasteiger charge is 2.33. The summed E-state index contributed by atoms with van der Waals surface area (Å²) >= 11 is 0. The van der Waals surface area contributed by atoms with Gasteiger partial charge in [-0.15, -0.1) is 0 Å². The van der Waals surface area contributed by atoms with Crippen molar-refractivity contribution in [3.63, 3.8) is 0 Å². The van der Waals surface area contributed by atoms with Crippen molar-refractivity contribution in [2.75, 3.05) is 38.2 Å². The Hall–Kier alpha value is -2.23. The first kappa shape index (κ1) is 41.8. The van der Waals surface area contributed by atoms with E-state index in [-0.39, 0.29) is 36.1 Å². The molecule has 0 fully saturated rings. The molecule has 44 heavy (non-hydrogen) atoms. The van der Waals surface area contributed by atoms with Crippen LogP contribution in [-0.4, -0.2) is 62.1 Å². The first-order valence-corrected chi connectivity index (χ1v) is 18.6. The first-order chi connectivity index (χ1) is 21.3. The highest BCUT2D eigenvalue weighted by molar-refractivity contribution is 8.76. The van der Waals surface area contributed by atoms with Crippen molar-refractivity contribution in [2.24, 2.45) is 5.41 Å². The average Bonchev–Trinajstić information content (AvgIpc) is 3.00. The maximum absolute atomic E-state index is 12.4. The predicted octanol–water partition coefficient (Wildman–Crippen LogP) is 7.48. The van der Waals surface area contributed by atoms with Gasteiger partial charge in [-0.3, -0.25) is 14.4 Å². The van der Waals surface area contributed by atoms with Crippen LogP contribution < -0.4 is 16.0 Å². The third-order valence-corrected chi connectivity index (χ3v) is 9.19. The lowest BCUT2D eigenvalue weighted by Gasteiger charge is -2.31. The van der Waals surface area contributed by atoms with Gasteiger partial charge in [-0.2, -0.15) is 0 Å². The number of methoxy groups -OCH3 is 1. The Bertz CT molecular complexity index is 914. The minimum absolute atomic E-state index is 0.0866. The molecule has 0 aromatic heterocycles. The molecule has 0 aliphatic carbocycles. The molecule has 0 rings (SSSR count). The van der Waals surface area contributed by atoms with Crippen LogP contribution in [0.25, 0.3) is 0 Å². The van der Waals surface area contributed by atoms with Crippen LogP contribution in [0.4, 0.5) is 0 Å². The van der Waals surface area contributed by atoms with E-state index in [1.54, 1.807) is 21.6 Å². The second-order valence-electron chi connectivity index (χ2n) is 10.9. The Morgan fingerprint density at radius 3 is 1.64 bits per heavy atom. The summed E-state index contributed by atoms with van der Waals surface area (Å²) in [6, 6.07) is 0. The highest BCUT2D eigenvalue weighted by atomic mass is 33.1. The topological polar surface area (TPSA) is 96.5 Å². The van der Waals surface area contributed by atoms with E-state index in [1.807, 2.05) is 20.8 Å². The summed E-state index contributed by atoms with van der Waals surface area (Å²) in [5, 5.41) is 8.64. The summed E-state index contributed by atoms with van der Waals surface area (Å²) in [5.41, 5.74) is -0.268. The van der Waals surface area contributed by atoms with Crippen molar-refractivity contribution in [3.8, 4) is 0 Å². The van der Waals surface area contributed by atoms with E-state index in [4.69, 9.17) is 4.74 Å². The molecule has 0 unspecified atom stereocenters. The van der Waals surface area contributed by atoms with Crippen molar-refractivity contribution in [1.29, 1.82) is 0 Å². The Morgan fingerprint density at radius 2 is 1.16 bits per heavy atom. The molecular formula is C35H59N3O4S2. The van der Waals surface area contributed by atoms with Crippen LogP contribution in [0.3, 0.4) is 0 Å². The van der Waals surface area contributed by atoms with E-state index in [1.165, 1.54) is 7.11 Å². The number of amides is 3. The molecule has 0 aliphatic rings. The molecule has 3 amide bonds. The Balaban J connectivity index is 3.64. The molecule has 3 N–H and O–H groups in total. The van der Waals surface area contributed by atoms with Gasteiger partial charge in [0.1, 0.15) is 6.10 Å². The van der Waals surface area contributed by atoms with Gasteiger partial charge in [0.05, 0.1) is 0 Å². The number of rotatable bonds is 27. The summed E-state index contributed by atoms with van der Waals surface area (Å²) in [6.45, 7) is 9.65. The first-order valence-electron chi connectivity index (χ1n) is 16.1. The predicted molar refractivity (Wildman–Crippen MR) is 192 cm³/mol. The molecular weight excluding hydrogens is 591 g/mol. The maximum Gasteiger partial charge on any atom is 0.249 e. The number of carbonyl (C=O) groups excluding carboxylic acids is 3. The molecule has 9 heteroatoms. The van der Waals surface area contributed by atoms with Crippen LogP contribution in [0, 0.1) is 5.41 Å². The van der Waals surface area contributed by atoms with Gasteiger partial charge in [0.25, 0.3) is 0 Å². The summed E-state index contributed by atoms with van der Waals surface area (Å²) in [7, 11) is 4.89. The minimum Gasteiger partial charge on any atom is -0.371 e. The molecule has 0 spiro atoms. The number of unbranched alkanes of at least 4 members (excludes halogenated alkanes) is 1. The molecule has 0 radical (unpaired) electrons. The molecule has 0 heterocycles. The van der Waals surface area contributed by atoms with E-state index < -0.39 is 6.10 Å². The van der Waals surface area contributed by atoms with Crippen LogP contribution in [-0.2, 0) is 19.1 Å². The molecule has 0 aromatic rings. The number of hydrogen-bond acceptors (Lipinski definition) is 6. The Labute approximate surface area is 276 Å². The van der Waals surface area contributed by atoms with Crippen molar-refractivity contribution in [3.05, 3.63) is 60.8 Å². The van der Waals surface area contributed by atoms with Gasteiger partial charge in [-0.25, -0.2) is 0 Å². The average molecular weight is 650 g/mol. The second kappa shape index (κ2) is 29.5. The SMILES string of the molecule is CC/C=C\C/C=C\C/C=C\C/C=C\C/C=C\CCCC(=O)NCCSSCCNC(=O)CCNC(=O)[C@H](OC)C(C)(C)CC. The molecule has 0 bridgehead atoms. The zero-order valence-corrected chi connectivity index (χ0v) is 29.5. The zero-order valence-electron chi connectivity index (χ0n) is 27.9. The molecule has 0 saturated heterocycles. The number of allylic oxidation sites excluding steroid dienone is 10. The van der Waals surface area contributed by atoms with Crippen LogP contribution in [0.2, 0.25) is 0 Å². The number of hydrogen-bond donors (Lipinski definition) is 3. The van der Waals surface area contributed by atoms with E-state index in [9.17, 15) is 14.4 Å². The summed E-state index contributed by atoms with van der Waals surface area (Å²) in [6.07, 6.45) is 29.7. The van der Waals surface area contributed by atoms with Crippen molar-refractivity contribution < 1.29 is 19.1 Å². The second-order valence-corrected chi connectivity index (χ2v) is 13.6. The summed E-state index contributed by atoms with van der Waals surface area (Å²) in [5.74, 6) is 1.42. The van der Waals surface area contributed by atoms with E-state index in [0.29, 0.717) is 19.5 Å². The third-order valence-electron chi connectivity index (χ3n) is 6.78. The van der Waals surface area contributed by atoms with Gasteiger partial charge in [0.2, 0.25) is 17.7 Å². The van der Waals surface area contributed by atoms with E-state index in [0.717, 1.165) is 62.9 Å². The van der Waals surface area contributed by atoms with E-state index in [2.05, 4.69) is 83.6 Å². The molecule has 250 valence electrons. The molecule has 7 nitrogen and oxygen atoms in total. The van der Waals surface area contributed by atoms with Gasteiger partial charge >= 0.3 is 0 Å². The van der Waals surface area contributed by atoms with Gasteiger partial charge in [-0.1, -0.05) is 110 Å². The van der Waals surface area contributed by atoms with Gasteiger partial charge in [0, 0.05) is 51.1 Å². The monoisotopic (exact) mass is 649 g/mol. The van der Waals surface area contributed by atoms with Crippen molar-refractivity contribution in [1.82, 2.24) is 16.0 Å². The third kappa shape index (κ3) is 25.1. The lowest BCUT2D eigenvalue weighted by atomic mass is 9.83. The minimum atomic E-state index is -0.539. The highest BCUT2D eigenvalue weighted by Crippen LogP contribution is 2.27. The zero-order chi connectivity index (χ0) is 32.7. The van der Waals surface area contributed by atoms with Crippen LogP contribution >= 0.6 is 21.6 Å². The van der Waals surface area contributed by atoms with Crippen LogP contribution in [0.15, 0.2) is 60.8 Å². The van der Waals surface area contributed by atoms with Crippen LogP contribution in [0.1, 0.15) is 91.9 Å². The summed E-state index contributed by atoms with van der Waals surface area (Å²) in [4.78, 5) is 36.4. The molecule has 0 saturated carbocycles. The largest absolute Gasteiger partial charge is 0.371 e. The van der Waals surface area contributed by atoms with Gasteiger partial charge < -0.3 is 20.7 Å². The fraction of sp³-hybridized carbons (Fsp3) is 0.629. The van der Waals surface area contributed by atoms with E-state index >= 15 is 0 Å². The van der Waals surface area contributed by atoms with Gasteiger partial charge in [0.15, 0.2) is 0 Å². The standard InChI is InChI=1S/C35H59N3O4S2/c1-6-8-9-10-11-12-13-14-15-16-17-18-19-20-21-22-23-24-31(39)36-27-29-43-44-30-28-37-32(40)25-26-38-34(41)33(42-5)35(3,4)7-2/h8-9,11-12,14-15,17-18,20-21,33H,6-7,10,13,16,19,22-30H2,1-5H3,(H,36,39)(H,37,40)(H,38,41)/b9-8-,12-11-,15-14-,18-17-,21-20-/t33-/m0/s1. The lowest BCUT2D eigenvalue weighted by molar-refractivity contribution is -0.138. The number of ether oxygens (including phenoxy) is 1. The van der Waals surface area contributed by atoms with Crippen molar-refractivity contribution >= 4 is 39.3 Å². The van der Waals surface area contributed by atoms with Crippen molar-refractivity contribution in [2.45, 2.75) is 98.0 Å². The fourth-order valence-corrected chi connectivity index (χ4v) is 5.68. The summed E-state index contributed by atoms with van der Waals surface area (Å²) < 4.78 is 5.37. The Kier molecular flexibility index (Phi) is 28.0. The quantitative estimate of drug-likeness (QED) is 0.0485. The number of carbonyl (C=O) groups is 3. The molecule has 0 aliphatic heterocycles. The normalized spacial score (nSPS) is 13.1. The molecule has 0 aromatic carbocycles. The fourth-order valence-electron chi connectivity index (χ4n) is 3.87.